The number of aromatic nitrogens is 1. The van der Waals surface area contributed by atoms with Gasteiger partial charge in [0.2, 0.25) is 0 Å². The Morgan fingerprint density at radius 2 is 1.84 bits per heavy atom. The summed E-state index contributed by atoms with van der Waals surface area (Å²) >= 11 is 0. The van der Waals surface area contributed by atoms with Crippen LogP contribution in [0.5, 0.6) is 0 Å². The summed E-state index contributed by atoms with van der Waals surface area (Å²) < 4.78 is 0. The van der Waals surface area contributed by atoms with Gasteiger partial charge in [-0.1, -0.05) is 36.4 Å². The average molecular weight is 255 g/mol. The molecule has 1 aromatic heterocycles. The van der Waals surface area contributed by atoms with Crippen LogP contribution in [0.15, 0.2) is 48.7 Å². The zero-order valence-electron chi connectivity index (χ0n) is 11.6. The first-order valence-electron chi connectivity index (χ1n) is 6.70. The summed E-state index contributed by atoms with van der Waals surface area (Å²) in [6.07, 6.45) is 1.83. The number of pyridine rings is 1. The molecule has 2 aromatic rings. The molecule has 0 amide bonds. The van der Waals surface area contributed by atoms with E-state index in [1.54, 1.807) is 0 Å². The molecule has 0 saturated heterocycles. The van der Waals surface area contributed by atoms with Crippen LogP contribution in [0.3, 0.4) is 0 Å². The molecule has 3 heteroatoms. The van der Waals surface area contributed by atoms with Crippen molar-refractivity contribution in [2.24, 2.45) is 0 Å². The molecular formula is C16H21N3. The number of anilines is 1. The minimum atomic E-state index is 0.894. The van der Waals surface area contributed by atoms with E-state index in [-0.39, 0.29) is 0 Å². The minimum absolute atomic E-state index is 0.894. The average Bonchev–Trinajstić information content (AvgIpc) is 2.42. The van der Waals surface area contributed by atoms with Crippen molar-refractivity contribution in [3.8, 4) is 0 Å². The Kier molecular flexibility index (Phi) is 4.93. The Morgan fingerprint density at radius 1 is 1.05 bits per heavy atom. The lowest BCUT2D eigenvalue weighted by Gasteiger charge is -2.18. The molecule has 0 radical (unpaired) electrons. The summed E-state index contributed by atoms with van der Waals surface area (Å²) in [6.45, 7) is 4.82. The topological polar surface area (TPSA) is 28.2 Å². The zero-order valence-corrected chi connectivity index (χ0v) is 11.6. The van der Waals surface area contributed by atoms with E-state index in [0.717, 1.165) is 25.5 Å². The highest BCUT2D eigenvalue weighted by Gasteiger charge is 2.06. The molecule has 1 N–H and O–H groups in total. The van der Waals surface area contributed by atoms with Crippen molar-refractivity contribution in [1.29, 1.82) is 0 Å². The maximum absolute atomic E-state index is 4.39. The van der Waals surface area contributed by atoms with Crippen molar-refractivity contribution >= 4 is 5.82 Å². The lowest BCUT2D eigenvalue weighted by Crippen LogP contribution is -2.18. The normalized spacial score (nSPS) is 10.7. The first-order valence-corrected chi connectivity index (χ1v) is 6.70. The van der Waals surface area contributed by atoms with Crippen LogP contribution in [0.25, 0.3) is 0 Å². The molecule has 0 bridgehead atoms. The van der Waals surface area contributed by atoms with E-state index in [0.29, 0.717) is 0 Å². The van der Waals surface area contributed by atoms with Gasteiger partial charge in [0.1, 0.15) is 5.82 Å². The molecule has 0 aliphatic heterocycles. The molecular weight excluding hydrogens is 234 g/mol. The van der Waals surface area contributed by atoms with Gasteiger partial charge in [0, 0.05) is 31.4 Å². The SMILES string of the molecule is CCNc1ncccc1CN(C)Cc1ccccc1. The van der Waals surface area contributed by atoms with Gasteiger partial charge >= 0.3 is 0 Å². The van der Waals surface area contributed by atoms with Gasteiger partial charge in [-0.2, -0.15) is 0 Å². The molecule has 2 rings (SSSR count). The van der Waals surface area contributed by atoms with Crippen LogP contribution >= 0.6 is 0 Å². The fourth-order valence-electron chi connectivity index (χ4n) is 2.13. The molecule has 0 fully saturated rings. The van der Waals surface area contributed by atoms with Crippen molar-refractivity contribution in [2.45, 2.75) is 20.0 Å². The Morgan fingerprint density at radius 3 is 2.58 bits per heavy atom. The largest absolute Gasteiger partial charge is 0.370 e. The summed E-state index contributed by atoms with van der Waals surface area (Å²) in [7, 11) is 2.13. The summed E-state index contributed by atoms with van der Waals surface area (Å²) in [5, 5.41) is 3.31. The molecule has 3 nitrogen and oxygen atoms in total. The molecule has 0 saturated carbocycles. The highest BCUT2D eigenvalue weighted by molar-refractivity contribution is 5.43. The fraction of sp³-hybridized carbons (Fsp3) is 0.312. The fourth-order valence-corrected chi connectivity index (χ4v) is 2.13. The Balaban J connectivity index is 2.00. The first kappa shape index (κ1) is 13.6. The molecule has 1 heterocycles. The second-order valence-electron chi connectivity index (χ2n) is 4.70. The van der Waals surface area contributed by atoms with E-state index in [4.69, 9.17) is 0 Å². The van der Waals surface area contributed by atoms with Gasteiger partial charge < -0.3 is 5.32 Å². The number of nitrogens with one attached hydrogen (secondary N) is 1. The number of hydrogen-bond acceptors (Lipinski definition) is 3. The molecule has 0 atom stereocenters. The van der Waals surface area contributed by atoms with Gasteiger partial charge in [0.25, 0.3) is 0 Å². The van der Waals surface area contributed by atoms with Crippen LogP contribution in [0.4, 0.5) is 5.82 Å². The van der Waals surface area contributed by atoms with Crippen molar-refractivity contribution in [3.63, 3.8) is 0 Å². The number of nitrogens with zero attached hydrogens (tertiary/aromatic N) is 2. The van der Waals surface area contributed by atoms with Crippen LogP contribution in [0, 0.1) is 0 Å². The van der Waals surface area contributed by atoms with E-state index in [9.17, 15) is 0 Å². The maximum Gasteiger partial charge on any atom is 0.130 e. The molecule has 100 valence electrons. The van der Waals surface area contributed by atoms with Gasteiger partial charge in [-0.15, -0.1) is 0 Å². The predicted molar refractivity (Wildman–Crippen MR) is 80.0 cm³/mol. The van der Waals surface area contributed by atoms with E-state index in [1.165, 1.54) is 11.1 Å². The van der Waals surface area contributed by atoms with E-state index in [2.05, 4.69) is 59.5 Å². The van der Waals surface area contributed by atoms with E-state index < -0.39 is 0 Å². The van der Waals surface area contributed by atoms with Gasteiger partial charge in [-0.3, -0.25) is 4.90 Å². The molecule has 0 aliphatic carbocycles. The zero-order chi connectivity index (χ0) is 13.5. The van der Waals surface area contributed by atoms with Crippen LogP contribution in [-0.4, -0.2) is 23.5 Å². The predicted octanol–water partition coefficient (Wildman–Crippen LogP) is 3.15. The lowest BCUT2D eigenvalue weighted by atomic mass is 10.2. The van der Waals surface area contributed by atoms with Gasteiger partial charge in [0.15, 0.2) is 0 Å². The number of benzene rings is 1. The standard InChI is InChI=1S/C16H21N3/c1-3-17-16-15(10-7-11-18-16)13-19(2)12-14-8-5-4-6-9-14/h4-11H,3,12-13H2,1-2H3,(H,17,18). The second kappa shape index (κ2) is 6.90. The van der Waals surface area contributed by atoms with E-state index >= 15 is 0 Å². The third-order valence-corrected chi connectivity index (χ3v) is 2.97. The summed E-state index contributed by atoms with van der Waals surface area (Å²) in [6, 6.07) is 14.7. The lowest BCUT2D eigenvalue weighted by molar-refractivity contribution is 0.319. The summed E-state index contributed by atoms with van der Waals surface area (Å²) in [5.41, 5.74) is 2.57. The van der Waals surface area contributed by atoms with Crippen LogP contribution < -0.4 is 5.32 Å². The van der Waals surface area contributed by atoms with Gasteiger partial charge in [-0.25, -0.2) is 4.98 Å². The Bertz CT molecular complexity index is 496. The van der Waals surface area contributed by atoms with Crippen molar-refractivity contribution < 1.29 is 0 Å². The smallest absolute Gasteiger partial charge is 0.130 e. The first-order chi connectivity index (χ1) is 9.29. The van der Waals surface area contributed by atoms with Gasteiger partial charge in [0.05, 0.1) is 0 Å². The van der Waals surface area contributed by atoms with Crippen molar-refractivity contribution in [2.75, 3.05) is 18.9 Å². The van der Waals surface area contributed by atoms with Crippen LogP contribution in [0.1, 0.15) is 18.1 Å². The molecule has 0 spiro atoms. The van der Waals surface area contributed by atoms with Crippen LogP contribution in [-0.2, 0) is 13.1 Å². The molecule has 0 aliphatic rings. The quantitative estimate of drug-likeness (QED) is 0.859. The summed E-state index contributed by atoms with van der Waals surface area (Å²) in [4.78, 5) is 6.69. The highest BCUT2D eigenvalue weighted by atomic mass is 15.1. The number of rotatable bonds is 6. The van der Waals surface area contributed by atoms with E-state index in [1.807, 2.05) is 18.3 Å². The third-order valence-electron chi connectivity index (χ3n) is 2.97. The molecule has 0 unspecified atom stereocenters. The maximum atomic E-state index is 4.39. The van der Waals surface area contributed by atoms with Gasteiger partial charge in [-0.05, 0) is 25.6 Å². The Labute approximate surface area is 115 Å². The number of hydrogen-bond donors (Lipinski definition) is 1. The Hall–Kier alpha value is -1.87. The summed E-state index contributed by atoms with van der Waals surface area (Å²) in [5.74, 6) is 0.991. The molecule has 1 aromatic carbocycles. The highest BCUT2D eigenvalue weighted by Crippen LogP contribution is 2.14. The second-order valence-corrected chi connectivity index (χ2v) is 4.70. The van der Waals surface area contributed by atoms with Crippen molar-refractivity contribution in [3.05, 3.63) is 59.8 Å². The van der Waals surface area contributed by atoms with Crippen molar-refractivity contribution in [1.82, 2.24) is 9.88 Å². The monoisotopic (exact) mass is 255 g/mol. The minimum Gasteiger partial charge on any atom is -0.370 e. The molecule has 19 heavy (non-hydrogen) atoms. The third kappa shape index (κ3) is 4.07. The van der Waals surface area contributed by atoms with Crippen LogP contribution in [0.2, 0.25) is 0 Å².